The molecule has 0 amide bonds. The van der Waals surface area contributed by atoms with E-state index in [2.05, 4.69) is 14.4 Å². The van der Waals surface area contributed by atoms with Crippen molar-refractivity contribution in [1.29, 1.82) is 0 Å². The van der Waals surface area contributed by atoms with Crippen LogP contribution in [0, 0.1) is 0 Å². The number of aromatic nitrogens is 3. The van der Waals surface area contributed by atoms with Crippen molar-refractivity contribution >= 4 is 5.65 Å². The van der Waals surface area contributed by atoms with E-state index >= 15 is 0 Å². The van der Waals surface area contributed by atoms with Crippen LogP contribution in [0.15, 0.2) is 24.8 Å². The number of imidazole rings is 1. The summed E-state index contributed by atoms with van der Waals surface area (Å²) < 4.78 is 2.05. The van der Waals surface area contributed by atoms with Crippen molar-refractivity contribution in [1.82, 2.24) is 14.4 Å². The van der Waals surface area contributed by atoms with Gasteiger partial charge in [-0.25, -0.2) is 4.98 Å². The van der Waals surface area contributed by atoms with Crippen LogP contribution in [-0.4, -0.2) is 20.4 Å². The van der Waals surface area contributed by atoms with Gasteiger partial charge in [-0.15, -0.1) is 0 Å². The molecule has 14 heavy (non-hydrogen) atoms. The Bertz CT molecular complexity index is 419. The van der Waals surface area contributed by atoms with Crippen molar-refractivity contribution in [3.8, 4) is 0 Å². The molecule has 0 aliphatic carbocycles. The van der Waals surface area contributed by atoms with E-state index in [9.17, 15) is 0 Å². The zero-order valence-corrected chi connectivity index (χ0v) is 8.22. The Kier molecular flexibility index (Phi) is 2.45. The van der Waals surface area contributed by atoms with Crippen molar-refractivity contribution < 1.29 is 0 Å². The Morgan fingerprint density at radius 1 is 1.50 bits per heavy atom. The number of fused-ring (bicyclic) bond motifs is 1. The summed E-state index contributed by atoms with van der Waals surface area (Å²) in [4.78, 5) is 8.27. The number of hydrogen-bond donors (Lipinski definition) is 1. The first-order valence-corrected chi connectivity index (χ1v) is 4.79. The molecule has 4 heteroatoms. The van der Waals surface area contributed by atoms with E-state index < -0.39 is 0 Å². The van der Waals surface area contributed by atoms with Crippen LogP contribution in [0.2, 0.25) is 0 Å². The predicted molar refractivity (Wildman–Crippen MR) is 55.0 cm³/mol. The van der Waals surface area contributed by atoms with Gasteiger partial charge in [0.15, 0.2) is 5.65 Å². The van der Waals surface area contributed by atoms with Crippen LogP contribution in [0.4, 0.5) is 0 Å². The molecule has 74 valence electrons. The minimum Gasteiger partial charge on any atom is -0.328 e. The molecule has 0 saturated heterocycles. The molecular weight excluding hydrogens is 176 g/mol. The minimum atomic E-state index is 0.238. The molecule has 0 bridgehead atoms. The van der Waals surface area contributed by atoms with Crippen LogP contribution >= 0.6 is 0 Å². The Hall–Kier alpha value is -1.42. The topological polar surface area (TPSA) is 56.2 Å². The third-order valence-corrected chi connectivity index (χ3v) is 2.25. The van der Waals surface area contributed by atoms with E-state index in [1.54, 1.807) is 12.4 Å². The standard InChI is InChI=1S/C10H14N4/c1-8(11)2-3-9-6-13-10-7-12-4-5-14(9)10/h4-8H,2-3,11H2,1H3/t8-/m0/s1. The van der Waals surface area contributed by atoms with Crippen LogP contribution in [0.3, 0.4) is 0 Å². The molecule has 4 nitrogen and oxygen atoms in total. The van der Waals surface area contributed by atoms with Crippen LogP contribution < -0.4 is 5.73 Å². The number of rotatable bonds is 3. The first kappa shape index (κ1) is 9.15. The molecule has 0 radical (unpaired) electrons. The summed E-state index contributed by atoms with van der Waals surface area (Å²) in [5, 5.41) is 0. The number of nitrogens with two attached hydrogens (primary N) is 1. The summed E-state index contributed by atoms with van der Waals surface area (Å²) in [6.07, 6.45) is 9.29. The van der Waals surface area contributed by atoms with Gasteiger partial charge in [0, 0.05) is 30.3 Å². The summed E-state index contributed by atoms with van der Waals surface area (Å²) in [6.45, 7) is 2.02. The molecular formula is C10H14N4. The van der Waals surface area contributed by atoms with Gasteiger partial charge in [0.1, 0.15) is 0 Å². The summed E-state index contributed by atoms with van der Waals surface area (Å²) in [5.41, 5.74) is 7.80. The minimum absolute atomic E-state index is 0.238. The SMILES string of the molecule is C[C@H](N)CCc1cnc2cnccn12. The van der Waals surface area contributed by atoms with Crippen molar-refractivity contribution in [2.24, 2.45) is 5.73 Å². The molecule has 0 aliphatic heterocycles. The number of nitrogens with zero attached hydrogens (tertiary/aromatic N) is 3. The van der Waals surface area contributed by atoms with Gasteiger partial charge in [0.05, 0.1) is 6.20 Å². The van der Waals surface area contributed by atoms with Crippen molar-refractivity contribution in [3.05, 3.63) is 30.5 Å². The summed E-state index contributed by atoms with van der Waals surface area (Å²) in [7, 11) is 0. The Morgan fingerprint density at radius 2 is 2.36 bits per heavy atom. The Labute approximate surface area is 82.8 Å². The average Bonchev–Trinajstić information content (AvgIpc) is 2.58. The lowest BCUT2D eigenvalue weighted by Gasteiger charge is -2.03. The van der Waals surface area contributed by atoms with Crippen LogP contribution in [0.1, 0.15) is 19.0 Å². The van der Waals surface area contributed by atoms with Crippen LogP contribution in [0.25, 0.3) is 5.65 Å². The summed E-state index contributed by atoms with van der Waals surface area (Å²) in [5.74, 6) is 0. The van der Waals surface area contributed by atoms with Crippen molar-refractivity contribution in [2.45, 2.75) is 25.8 Å². The zero-order chi connectivity index (χ0) is 9.97. The second-order valence-corrected chi connectivity index (χ2v) is 3.57. The molecule has 0 unspecified atom stereocenters. The molecule has 2 N–H and O–H groups in total. The van der Waals surface area contributed by atoms with E-state index in [1.165, 1.54) is 5.69 Å². The zero-order valence-electron chi connectivity index (χ0n) is 8.22. The maximum atomic E-state index is 5.71. The molecule has 0 saturated carbocycles. The Balaban J connectivity index is 2.25. The monoisotopic (exact) mass is 190 g/mol. The van der Waals surface area contributed by atoms with E-state index in [1.807, 2.05) is 19.3 Å². The van der Waals surface area contributed by atoms with Crippen molar-refractivity contribution in [2.75, 3.05) is 0 Å². The second-order valence-electron chi connectivity index (χ2n) is 3.57. The van der Waals surface area contributed by atoms with E-state index in [0.717, 1.165) is 18.5 Å². The molecule has 2 heterocycles. The first-order valence-electron chi connectivity index (χ1n) is 4.79. The first-order chi connectivity index (χ1) is 6.77. The van der Waals surface area contributed by atoms with E-state index in [-0.39, 0.29) is 6.04 Å². The van der Waals surface area contributed by atoms with Gasteiger partial charge in [-0.05, 0) is 19.8 Å². The third-order valence-electron chi connectivity index (χ3n) is 2.25. The van der Waals surface area contributed by atoms with E-state index in [4.69, 9.17) is 5.73 Å². The van der Waals surface area contributed by atoms with Gasteiger partial charge in [-0.2, -0.15) is 0 Å². The van der Waals surface area contributed by atoms with E-state index in [0.29, 0.717) is 0 Å². The molecule has 2 aromatic heterocycles. The third kappa shape index (κ3) is 1.75. The van der Waals surface area contributed by atoms with Gasteiger partial charge >= 0.3 is 0 Å². The highest BCUT2D eigenvalue weighted by atomic mass is 15.0. The average molecular weight is 190 g/mol. The lowest BCUT2D eigenvalue weighted by molar-refractivity contribution is 0.655. The Morgan fingerprint density at radius 3 is 3.14 bits per heavy atom. The molecule has 2 rings (SSSR count). The van der Waals surface area contributed by atoms with Gasteiger partial charge < -0.3 is 10.1 Å². The number of aryl methyl sites for hydroxylation is 1. The molecule has 0 aliphatic rings. The van der Waals surface area contributed by atoms with Crippen molar-refractivity contribution in [3.63, 3.8) is 0 Å². The lowest BCUT2D eigenvalue weighted by atomic mass is 10.1. The highest BCUT2D eigenvalue weighted by Crippen LogP contribution is 2.07. The molecule has 0 fully saturated rings. The van der Waals surface area contributed by atoms with Gasteiger partial charge in [0.25, 0.3) is 0 Å². The normalized spacial score (nSPS) is 13.3. The lowest BCUT2D eigenvalue weighted by Crippen LogP contribution is -2.15. The molecule has 0 spiro atoms. The smallest absolute Gasteiger partial charge is 0.155 e. The maximum Gasteiger partial charge on any atom is 0.155 e. The maximum absolute atomic E-state index is 5.71. The molecule has 0 aromatic carbocycles. The summed E-state index contributed by atoms with van der Waals surface area (Å²) >= 11 is 0. The fourth-order valence-corrected chi connectivity index (χ4v) is 1.46. The molecule has 2 aromatic rings. The number of hydrogen-bond acceptors (Lipinski definition) is 3. The second kappa shape index (κ2) is 3.75. The fourth-order valence-electron chi connectivity index (χ4n) is 1.46. The van der Waals surface area contributed by atoms with Crippen LogP contribution in [0.5, 0.6) is 0 Å². The molecule has 1 atom stereocenters. The summed E-state index contributed by atoms with van der Waals surface area (Å²) in [6, 6.07) is 0.238. The fraction of sp³-hybridized carbons (Fsp3) is 0.400. The van der Waals surface area contributed by atoms with Gasteiger partial charge in [0.2, 0.25) is 0 Å². The largest absolute Gasteiger partial charge is 0.328 e. The van der Waals surface area contributed by atoms with Gasteiger partial charge in [-0.1, -0.05) is 0 Å². The quantitative estimate of drug-likeness (QED) is 0.785. The predicted octanol–water partition coefficient (Wildman–Crippen LogP) is 1.01. The highest BCUT2D eigenvalue weighted by Gasteiger charge is 2.03. The highest BCUT2D eigenvalue weighted by molar-refractivity contribution is 5.36. The van der Waals surface area contributed by atoms with Crippen LogP contribution in [-0.2, 0) is 6.42 Å². The van der Waals surface area contributed by atoms with Gasteiger partial charge in [-0.3, -0.25) is 4.98 Å².